The summed E-state index contributed by atoms with van der Waals surface area (Å²) < 4.78 is 3.87. The molecular weight excluding hydrogens is 1510 g/mol. The molecule has 2 fully saturated rings. The predicted molar refractivity (Wildman–Crippen MR) is 506 cm³/mol. The third-order valence-corrected chi connectivity index (χ3v) is 28.9. The molecule has 10 aromatic carbocycles. The molecule has 2 aliphatic carbocycles. The van der Waals surface area contributed by atoms with Gasteiger partial charge in [-0.15, -0.1) is 22.7 Å². The molecule has 596 valence electrons. The lowest BCUT2D eigenvalue weighted by Crippen LogP contribution is -2.54. The number of nitrogen functional groups attached to an aromatic ring is 1. The molecule has 0 saturated heterocycles. The third-order valence-electron chi connectivity index (χ3n) is 25.9. The number of benzene rings is 10. The maximum Gasteiger partial charge on any atom is 0.101 e. The van der Waals surface area contributed by atoms with Crippen LogP contribution in [0, 0.1) is 13.8 Å². The van der Waals surface area contributed by atoms with Gasteiger partial charge in [0.2, 0.25) is 0 Å². The molecule has 0 spiro atoms. The van der Waals surface area contributed by atoms with Crippen molar-refractivity contribution in [3.8, 4) is 22.3 Å². The van der Waals surface area contributed by atoms with Crippen molar-refractivity contribution in [1.29, 1.82) is 0 Å². The predicted octanol–water partition coefficient (Wildman–Crippen LogP) is 32.9. The summed E-state index contributed by atoms with van der Waals surface area (Å²) in [5.74, 6) is 0. The van der Waals surface area contributed by atoms with Gasteiger partial charge in [-0.05, 0) is 289 Å². The van der Waals surface area contributed by atoms with E-state index in [4.69, 9.17) is 17.3 Å². The van der Waals surface area contributed by atoms with Crippen LogP contribution in [0.4, 0.5) is 44.8 Å². The van der Waals surface area contributed by atoms with Gasteiger partial charge in [0.25, 0.3) is 0 Å². The van der Waals surface area contributed by atoms with Crippen molar-refractivity contribution in [2.45, 2.75) is 272 Å². The Morgan fingerprint density at radius 1 is 0.386 bits per heavy atom. The molecule has 114 heavy (non-hydrogen) atoms. The summed E-state index contributed by atoms with van der Waals surface area (Å²) in [6.07, 6.45) is 10.00. The topological polar surface area (TPSA) is 35.7 Å². The van der Waals surface area contributed by atoms with Gasteiger partial charge < -0.3 is 20.4 Å². The number of nitrogens with zero attached hydrogens (tertiary/aromatic N) is 3. The van der Waals surface area contributed by atoms with Gasteiger partial charge >= 0.3 is 0 Å². The zero-order valence-electron chi connectivity index (χ0n) is 72.9. The van der Waals surface area contributed by atoms with Crippen LogP contribution in [0.15, 0.2) is 222 Å². The van der Waals surface area contributed by atoms with E-state index in [0.29, 0.717) is 0 Å². The van der Waals surface area contributed by atoms with E-state index in [9.17, 15) is 0 Å². The van der Waals surface area contributed by atoms with Gasteiger partial charge in [0.05, 0.1) is 20.6 Å². The number of thiophene rings is 2. The second-order valence-electron chi connectivity index (χ2n) is 40.5. The quantitative estimate of drug-likeness (QED) is 0.161. The van der Waals surface area contributed by atoms with E-state index in [-0.39, 0.29) is 54.4 Å². The summed E-state index contributed by atoms with van der Waals surface area (Å²) in [6.45, 7) is 55.7. The Morgan fingerprint density at radius 3 is 1.25 bits per heavy atom. The molecule has 4 heterocycles. The molecule has 2 N–H and O–H groups in total. The average molecular weight is 1640 g/mol. The number of anilines is 8. The van der Waals surface area contributed by atoms with Crippen molar-refractivity contribution < 1.29 is 0 Å². The highest BCUT2D eigenvalue weighted by Gasteiger charge is 2.59. The summed E-state index contributed by atoms with van der Waals surface area (Å²) in [5, 5.41) is 4.70. The van der Waals surface area contributed by atoms with Crippen molar-refractivity contribution in [3.63, 3.8) is 0 Å². The first-order valence-corrected chi connectivity index (χ1v) is 44.6. The minimum Gasteiger partial charge on any atom is -0.398 e. The highest BCUT2D eigenvalue weighted by molar-refractivity contribution is 9.11. The molecule has 0 bridgehead atoms. The van der Waals surface area contributed by atoms with Crippen molar-refractivity contribution >= 4 is 115 Å². The highest BCUT2D eigenvalue weighted by Crippen LogP contribution is 2.64. The minimum atomic E-state index is -0.0372. The Hall–Kier alpha value is -7.91. The molecule has 4 unspecified atom stereocenters. The molecule has 4 aliphatic rings. The molecule has 8 heteroatoms. The monoisotopic (exact) mass is 1630 g/mol. The summed E-state index contributed by atoms with van der Waals surface area (Å²) in [4.78, 5) is 7.92. The lowest BCUT2D eigenvalue weighted by molar-refractivity contribution is 0.194. The number of aryl methyl sites for hydroxylation is 2. The second-order valence-corrected chi connectivity index (χ2v) is 44.5. The molecule has 12 aromatic rings. The number of rotatable bonds is 7. The Kier molecular flexibility index (Phi) is 23.0. The van der Waals surface area contributed by atoms with Crippen LogP contribution in [0.3, 0.4) is 0 Å². The summed E-state index contributed by atoms with van der Waals surface area (Å²) in [6, 6.07) is 81.6. The van der Waals surface area contributed by atoms with Crippen LogP contribution >= 0.6 is 50.2 Å². The fraction of sp³-hybridized carbons (Fsp3) is 0.396. The number of hydrogen-bond acceptors (Lipinski definition) is 6. The zero-order valence-corrected chi connectivity index (χ0v) is 76.9. The highest BCUT2D eigenvalue weighted by atomic mass is 79.9. The largest absolute Gasteiger partial charge is 0.398 e. The number of fused-ring (bicyclic) bond motifs is 8. The van der Waals surface area contributed by atoms with Gasteiger partial charge in [-0.25, -0.2) is 0 Å². The molecule has 2 saturated carbocycles. The zero-order chi connectivity index (χ0) is 82.4. The van der Waals surface area contributed by atoms with E-state index in [0.717, 1.165) is 16.3 Å². The molecule has 0 amide bonds. The molecule has 2 aliphatic heterocycles. The fourth-order valence-corrected chi connectivity index (χ4v) is 21.4. The van der Waals surface area contributed by atoms with Crippen LogP contribution in [-0.4, -0.2) is 11.1 Å². The molecule has 4 atom stereocenters. The fourth-order valence-electron chi connectivity index (χ4n) is 18.5. The van der Waals surface area contributed by atoms with Gasteiger partial charge in [0.1, 0.15) is 5.00 Å². The molecular formula is C106H126BrClN4S2. The molecule has 16 rings (SSSR count). The van der Waals surface area contributed by atoms with E-state index < -0.39 is 0 Å². The summed E-state index contributed by atoms with van der Waals surface area (Å²) >= 11 is 13.7. The van der Waals surface area contributed by atoms with Gasteiger partial charge in [0.15, 0.2) is 0 Å². The summed E-state index contributed by atoms with van der Waals surface area (Å²) in [5.41, 5.74) is 34.2. The van der Waals surface area contributed by atoms with E-state index in [1.807, 2.05) is 41.7 Å². The van der Waals surface area contributed by atoms with Crippen molar-refractivity contribution in [2.75, 3.05) is 20.4 Å². The maximum atomic E-state index is 6.47. The van der Waals surface area contributed by atoms with Gasteiger partial charge in [-0.1, -0.05) is 285 Å². The van der Waals surface area contributed by atoms with Crippen molar-refractivity contribution in [2.24, 2.45) is 0 Å². The Morgan fingerprint density at radius 2 is 0.772 bits per heavy atom. The number of hydrogen-bond donors (Lipinski definition) is 1. The van der Waals surface area contributed by atoms with Crippen LogP contribution in [0.25, 0.3) is 42.4 Å². The first kappa shape index (κ1) is 84.0. The molecule has 0 radical (unpaired) electrons. The lowest BCUT2D eigenvalue weighted by Gasteiger charge is -2.50. The standard InChI is InChI=1S/C53H62N2S.C25H32ClN.C16H19N.C12H13BrS/c1-35-28-41(34-42(29-35)55-46-24-21-40(51(8,9)10)33-44(46)52(11)26-16-17-27-53(52,55)12)54(48-31-37-30-38(49(2,3)4)22-25-47(37)56-48)45-23-20-39(50(5,6)7)32-43(45)36-18-14-13-15-19-36;1-17-13-19(26)16-20(14-17)27-22-10-9-18(23(2,3)4)15-21(22)24(5)11-7-8-12-25(24,27)6;1-16(2,3)13-9-10-15(17)14(11-13)12-7-5-4-6-8-12;1-12(2,3)9-4-5-10-8(6-9)7-11(13)14-10/h13-15,18-25,28-34H,16-17,26-27H2,1-12H3;9-10,13-16H,7-8,11-12H2,1-6H3;4-11H,17H2,1-3H3;4-7H,1-3H3. The van der Waals surface area contributed by atoms with E-state index in [1.54, 1.807) is 11.3 Å². The third kappa shape index (κ3) is 16.6. The van der Waals surface area contributed by atoms with Gasteiger partial charge in [0, 0.05) is 70.5 Å². The maximum absolute atomic E-state index is 6.47. The summed E-state index contributed by atoms with van der Waals surface area (Å²) in [7, 11) is 0. The average Bonchev–Trinajstić information content (AvgIpc) is 1.54. The van der Waals surface area contributed by atoms with E-state index >= 15 is 0 Å². The second kappa shape index (κ2) is 31.2. The van der Waals surface area contributed by atoms with Crippen LogP contribution in [0.1, 0.15) is 259 Å². The van der Waals surface area contributed by atoms with Crippen LogP contribution in [-0.2, 0) is 43.3 Å². The van der Waals surface area contributed by atoms with Crippen LogP contribution in [0.2, 0.25) is 5.02 Å². The normalized spacial score (nSPS) is 19.5. The van der Waals surface area contributed by atoms with Crippen LogP contribution in [0.5, 0.6) is 0 Å². The van der Waals surface area contributed by atoms with Gasteiger partial charge in [-0.2, -0.15) is 0 Å². The van der Waals surface area contributed by atoms with Crippen molar-refractivity contribution in [1.82, 2.24) is 0 Å². The lowest BCUT2D eigenvalue weighted by atomic mass is 9.61. The Bertz CT molecular complexity index is 5490. The van der Waals surface area contributed by atoms with Crippen molar-refractivity contribution in [3.05, 3.63) is 283 Å². The van der Waals surface area contributed by atoms with Gasteiger partial charge in [-0.3, -0.25) is 0 Å². The molecule has 2 aromatic heterocycles. The molecule has 4 nitrogen and oxygen atoms in total. The first-order valence-electron chi connectivity index (χ1n) is 41.8. The Balaban J connectivity index is 0.000000159. The SMILES string of the molecule is CC(C)(C)c1ccc(N)c(-c2ccccc2)c1.CC(C)(C)c1ccc2sc(Br)cc2c1.Cc1cc(Cl)cc(N2c3ccc(C(C)(C)C)cc3C3(C)CCCCC23C)c1.Cc1cc(N(c2cc3cc(C(C)(C)C)ccc3s2)c2ccc(C(C)(C)C)cc2-c2ccccc2)cc(N2c3ccc(C(C)(C)C)cc3C3(C)CCCCC23C)c1. The first-order chi connectivity index (χ1) is 53.3. The number of nitrogens with two attached hydrogens (primary N) is 1. The Labute approximate surface area is 707 Å². The number of halogens is 2. The minimum absolute atomic E-state index is 0.0163. The smallest absolute Gasteiger partial charge is 0.101 e. The van der Waals surface area contributed by atoms with Crippen LogP contribution < -0.4 is 20.4 Å². The van der Waals surface area contributed by atoms with E-state index in [1.165, 1.54) is 187 Å². The van der Waals surface area contributed by atoms with E-state index in [2.05, 4.69) is 385 Å².